The molecular weight excluding hydrogens is 427 g/mol. The van der Waals surface area contributed by atoms with E-state index < -0.39 is 9.84 Å². The third-order valence-corrected chi connectivity index (χ3v) is 6.33. The van der Waals surface area contributed by atoms with Crippen molar-refractivity contribution < 1.29 is 8.42 Å². The van der Waals surface area contributed by atoms with Crippen LogP contribution in [0.25, 0.3) is 0 Å². The number of sulfone groups is 1. The van der Waals surface area contributed by atoms with E-state index in [4.69, 9.17) is 0 Å². The molecule has 1 atom stereocenters. The summed E-state index contributed by atoms with van der Waals surface area (Å²) < 4.78 is 23.0. The van der Waals surface area contributed by atoms with Crippen LogP contribution in [0, 0.1) is 5.92 Å². The average Bonchev–Trinajstić information content (AvgIpc) is 2.80. The fourth-order valence-electron chi connectivity index (χ4n) is 3.13. The number of likely N-dealkylation sites (tertiary alicyclic amines) is 1. The molecule has 0 aromatic heterocycles. The van der Waals surface area contributed by atoms with Crippen LogP contribution >= 0.6 is 24.0 Å². The molecule has 8 heteroatoms. The molecule has 0 amide bonds. The van der Waals surface area contributed by atoms with E-state index in [1.807, 2.05) is 6.92 Å². The zero-order valence-corrected chi connectivity index (χ0v) is 17.4. The zero-order valence-electron chi connectivity index (χ0n) is 14.3. The molecule has 2 aliphatic heterocycles. The molecule has 2 N–H and O–H groups in total. The predicted molar refractivity (Wildman–Crippen MR) is 106 cm³/mol. The third kappa shape index (κ3) is 7.55. The summed E-state index contributed by atoms with van der Waals surface area (Å²) in [5.41, 5.74) is 0. The van der Waals surface area contributed by atoms with Crippen LogP contribution in [0.15, 0.2) is 4.99 Å². The predicted octanol–water partition coefficient (Wildman–Crippen LogP) is 1.08. The first-order valence-electron chi connectivity index (χ1n) is 8.42. The van der Waals surface area contributed by atoms with Crippen LogP contribution in [-0.2, 0) is 9.84 Å². The Labute approximate surface area is 157 Å². The van der Waals surface area contributed by atoms with E-state index in [0.29, 0.717) is 12.2 Å². The molecule has 0 spiro atoms. The summed E-state index contributed by atoms with van der Waals surface area (Å²) in [4.78, 5) is 7.00. The van der Waals surface area contributed by atoms with E-state index in [0.717, 1.165) is 31.4 Å². The van der Waals surface area contributed by atoms with Crippen LogP contribution in [0.1, 0.15) is 32.6 Å². The number of halogens is 1. The van der Waals surface area contributed by atoms with Gasteiger partial charge in [-0.2, -0.15) is 0 Å². The summed E-state index contributed by atoms with van der Waals surface area (Å²) in [5.74, 6) is 2.05. The Balaban J connectivity index is 0.00000264. The second kappa shape index (κ2) is 10.0. The van der Waals surface area contributed by atoms with Crippen LogP contribution in [0.5, 0.6) is 0 Å². The van der Waals surface area contributed by atoms with Crippen LogP contribution in [-0.4, -0.2) is 70.1 Å². The van der Waals surface area contributed by atoms with E-state index in [2.05, 4.69) is 27.6 Å². The minimum Gasteiger partial charge on any atom is -0.357 e. The number of guanidine groups is 1. The van der Waals surface area contributed by atoms with Crippen LogP contribution < -0.4 is 10.6 Å². The summed E-state index contributed by atoms with van der Waals surface area (Å²) in [5, 5.41) is 6.49. The second-order valence-corrected chi connectivity index (χ2v) is 8.77. The number of nitrogens with zero attached hydrogens (tertiary/aromatic N) is 2. The van der Waals surface area contributed by atoms with Gasteiger partial charge in [-0.3, -0.25) is 4.99 Å². The lowest BCUT2D eigenvalue weighted by molar-refractivity contribution is 0.214. The van der Waals surface area contributed by atoms with Gasteiger partial charge in [-0.15, -0.1) is 24.0 Å². The first-order chi connectivity index (χ1) is 10.5. The normalized spacial score (nSPS) is 25.8. The standard InChI is InChI=1S/C15H30N4O2S.HI/c1-3-16-15(18-14-7-11-22(20,21)12-14)17-8-4-13-5-9-19(2)10-6-13;/h13-14H,3-12H2,1-2H3,(H2,16,17,18);1H. The Hall–Kier alpha value is -0.0900. The first-order valence-corrected chi connectivity index (χ1v) is 10.2. The van der Waals surface area contributed by atoms with Crippen molar-refractivity contribution in [3.05, 3.63) is 0 Å². The molecule has 23 heavy (non-hydrogen) atoms. The van der Waals surface area contributed by atoms with Crippen LogP contribution in [0.3, 0.4) is 0 Å². The minimum atomic E-state index is -2.85. The highest BCUT2D eigenvalue weighted by Gasteiger charge is 2.28. The highest BCUT2D eigenvalue weighted by Crippen LogP contribution is 2.19. The Morgan fingerprint density at radius 1 is 1.26 bits per heavy atom. The Morgan fingerprint density at radius 2 is 1.96 bits per heavy atom. The summed E-state index contributed by atoms with van der Waals surface area (Å²) in [6.45, 7) is 6.00. The molecule has 2 fully saturated rings. The molecule has 6 nitrogen and oxygen atoms in total. The van der Waals surface area contributed by atoms with Gasteiger partial charge < -0.3 is 15.5 Å². The van der Waals surface area contributed by atoms with Gasteiger partial charge in [-0.05, 0) is 58.7 Å². The number of aliphatic imine (C=N–C) groups is 1. The van der Waals surface area contributed by atoms with Gasteiger partial charge in [0.2, 0.25) is 0 Å². The van der Waals surface area contributed by atoms with Crippen LogP contribution in [0.2, 0.25) is 0 Å². The monoisotopic (exact) mass is 458 g/mol. The molecule has 0 aromatic carbocycles. The van der Waals surface area contributed by atoms with Crippen molar-refractivity contribution in [1.29, 1.82) is 0 Å². The molecule has 2 aliphatic rings. The third-order valence-electron chi connectivity index (χ3n) is 4.56. The van der Waals surface area contributed by atoms with Crippen molar-refractivity contribution in [3.63, 3.8) is 0 Å². The number of piperidine rings is 1. The Morgan fingerprint density at radius 3 is 2.52 bits per heavy atom. The summed E-state index contributed by atoms with van der Waals surface area (Å²) >= 11 is 0. The fourth-order valence-corrected chi connectivity index (χ4v) is 4.81. The van der Waals surface area contributed by atoms with E-state index in [1.165, 1.54) is 25.9 Å². The maximum atomic E-state index is 11.5. The fraction of sp³-hybridized carbons (Fsp3) is 0.933. The largest absolute Gasteiger partial charge is 0.357 e. The SMILES string of the molecule is CCNC(=NCCC1CCN(C)CC1)NC1CCS(=O)(=O)C1.I. The van der Waals surface area contributed by atoms with E-state index in [1.54, 1.807) is 0 Å². The lowest BCUT2D eigenvalue weighted by Crippen LogP contribution is -2.44. The van der Waals surface area contributed by atoms with E-state index >= 15 is 0 Å². The van der Waals surface area contributed by atoms with Gasteiger partial charge in [-0.1, -0.05) is 0 Å². The number of hydrogen-bond acceptors (Lipinski definition) is 4. The zero-order chi connectivity index (χ0) is 16.0. The summed E-state index contributed by atoms with van der Waals surface area (Å²) in [6.07, 6.45) is 4.32. The summed E-state index contributed by atoms with van der Waals surface area (Å²) in [6, 6.07) is 0.00568. The quantitative estimate of drug-likeness (QED) is 0.367. The molecule has 0 aromatic rings. The molecule has 2 rings (SSSR count). The van der Waals surface area contributed by atoms with Crippen molar-refractivity contribution >= 4 is 39.8 Å². The molecule has 2 saturated heterocycles. The van der Waals surface area contributed by atoms with Gasteiger partial charge in [0, 0.05) is 19.1 Å². The van der Waals surface area contributed by atoms with Gasteiger partial charge in [0.15, 0.2) is 15.8 Å². The van der Waals surface area contributed by atoms with Gasteiger partial charge in [0.05, 0.1) is 11.5 Å². The first kappa shape index (κ1) is 21.0. The van der Waals surface area contributed by atoms with Gasteiger partial charge in [-0.25, -0.2) is 8.42 Å². The molecule has 1 unspecified atom stereocenters. The lowest BCUT2D eigenvalue weighted by atomic mass is 9.94. The lowest BCUT2D eigenvalue weighted by Gasteiger charge is -2.28. The smallest absolute Gasteiger partial charge is 0.191 e. The van der Waals surface area contributed by atoms with Crippen molar-refractivity contribution in [2.45, 2.75) is 38.6 Å². The topological polar surface area (TPSA) is 73.8 Å². The maximum absolute atomic E-state index is 11.5. The molecule has 0 bridgehead atoms. The van der Waals surface area contributed by atoms with Crippen molar-refractivity contribution in [2.75, 3.05) is 44.7 Å². The maximum Gasteiger partial charge on any atom is 0.191 e. The highest BCUT2D eigenvalue weighted by molar-refractivity contribution is 14.0. The number of nitrogens with one attached hydrogen (secondary N) is 2. The molecule has 136 valence electrons. The molecule has 0 saturated carbocycles. The van der Waals surface area contributed by atoms with E-state index in [-0.39, 0.29) is 35.8 Å². The summed E-state index contributed by atoms with van der Waals surface area (Å²) in [7, 11) is -0.671. The van der Waals surface area contributed by atoms with Crippen molar-refractivity contribution in [3.8, 4) is 0 Å². The number of rotatable bonds is 5. The highest BCUT2D eigenvalue weighted by atomic mass is 127. The second-order valence-electron chi connectivity index (χ2n) is 6.54. The van der Waals surface area contributed by atoms with E-state index in [9.17, 15) is 8.42 Å². The van der Waals surface area contributed by atoms with Gasteiger partial charge >= 0.3 is 0 Å². The van der Waals surface area contributed by atoms with Gasteiger partial charge in [0.1, 0.15) is 0 Å². The Kier molecular flexibility index (Phi) is 9.13. The number of hydrogen-bond donors (Lipinski definition) is 2. The van der Waals surface area contributed by atoms with Crippen molar-refractivity contribution in [2.24, 2.45) is 10.9 Å². The Bertz CT molecular complexity index is 476. The van der Waals surface area contributed by atoms with Gasteiger partial charge in [0.25, 0.3) is 0 Å². The minimum absolute atomic E-state index is 0. The molecular formula is C15H31IN4O2S. The van der Waals surface area contributed by atoms with Crippen LogP contribution in [0.4, 0.5) is 0 Å². The molecule has 0 radical (unpaired) electrons. The average molecular weight is 458 g/mol. The van der Waals surface area contributed by atoms with Crippen molar-refractivity contribution in [1.82, 2.24) is 15.5 Å². The molecule has 0 aliphatic carbocycles. The molecule has 2 heterocycles.